The molecule has 1 aromatic carbocycles. The minimum atomic E-state index is 0.433. The highest BCUT2D eigenvalue weighted by molar-refractivity contribution is 5.18. The summed E-state index contributed by atoms with van der Waals surface area (Å²) in [6.07, 6.45) is 3.46. The number of ether oxygens (including phenoxy) is 1. The summed E-state index contributed by atoms with van der Waals surface area (Å²) in [7, 11) is 1.77. The first-order valence-corrected chi connectivity index (χ1v) is 6.61. The van der Waals surface area contributed by atoms with Crippen LogP contribution in [0.2, 0.25) is 0 Å². The van der Waals surface area contributed by atoms with Gasteiger partial charge in [0.05, 0.1) is 6.61 Å². The first-order chi connectivity index (χ1) is 8.31. The summed E-state index contributed by atoms with van der Waals surface area (Å²) >= 11 is 0. The lowest BCUT2D eigenvalue weighted by atomic mass is 10.0. The van der Waals surface area contributed by atoms with Gasteiger partial charge >= 0.3 is 0 Å². The Hall–Kier alpha value is -0.860. The first kappa shape index (κ1) is 14.2. The van der Waals surface area contributed by atoms with Gasteiger partial charge in [-0.2, -0.15) is 0 Å². The molecule has 17 heavy (non-hydrogen) atoms. The monoisotopic (exact) mass is 235 g/mol. The maximum Gasteiger partial charge on any atom is 0.0616 e. The predicted octanol–water partition coefficient (Wildman–Crippen LogP) is 3.54. The number of rotatable bonds is 8. The van der Waals surface area contributed by atoms with E-state index in [1.165, 1.54) is 12.0 Å². The molecule has 0 radical (unpaired) electrons. The Labute approximate surface area is 105 Å². The van der Waals surface area contributed by atoms with Crippen LogP contribution in [0.1, 0.15) is 44.7 Å². The maximum absolute atomic E-state index is 5.28. The highest BCUT2D eigenvalue weighted by Gasteiger charge is 2.14. The molecule has 2 atom stereocenters. The molecule has 2 unspecified atom stereocenters. The standard InChI is InChI=1S/C15H25NO/c1-4-9-14(12-17-3)16-15(5-2)13-10-7-6-8-11-13/h6-8,10-11,14-16H,4-5,9,12H2,1-3H3. The number of hydrogen-bond acceptors (Lipinski definition) is 2. The Balaban J connectivity index is 2.61. The van der Waals surface area contributed by atoms with Crippen molar-refractivity contribution in [2.24, 2.45) is 0 Å². The largest absolute Gasteiger partial charge is 0.383 e. The molecule has 2 nitrogen and oxygen atoms in total. The van der Waals surface area contributed by atoms with Crippen molar-refractivity contribution >= 4 is 0 Å². The second-order valence-corrected chi connectivity index (χ2v) is 4.48. The number of methoxy groups -OCH3 is 1. The number of hydrogen-bond donors (Lipinski definition) is 1. The first-order valence-electron chi connectivity index (χ1n) is 6.61. The molecule has 0 saturated heterocycles. The second kappa shape index (κ2) is 8.26. The van der Waals surface area contributed by atoms with Crippen LogP contribution in [0, 0.1) is 0 Å². The van der Waals surface area contributed by atoms with Crippen LogP contribution in [0.25, 0.3) is 0 Å². The van der Waals surface area contributed by atoms with Gasteiger partial charge in [0.2, 0.25) is 0 Å². The Bertz CT molecular complexity index is 280. The van der Waals surface area contributed by atoms with E-state index in [1.54, 1.807) is 7.11 Å². The van der Waals surface area contributed by atoms with Crippen LogP contribution < -0.4 is 5.32 Å². The normalized spacial score (nSPS) is 14.5. The fraction of sp³-hybridized carbons (Fsp3) is 0.600. The van der Waals surface area contributed by atoms with Gasteiger partial charge < -0.3 is 10.1 Å². The average molecular weight is 235 g/mol. The molecular weight excluding hydrogens is 210 g/mol. The van der Waals surface area contributed by atoms with Gasteiger partial charge in [-0.25, -0.2) is 0 Å². The van der Waals surface area contributed by atoms with E-state index in [-0.39, 0.29) is 0 Å². The van der Waals surface area contributed by atoms with E-state index in [0.29, 0.717) is 12.1 Å². The molecule has 2 heteroatoms. The fourth-order valence-corrected chi connectivity index (χ4v) is 2.18. The third kappa shape index (κ3) is 4.88. The zero-order valence-corrected chi connectivity index (χ0v) is 11.3. The van der Waals surface area contributed by atoms with Crippen molar-refractivity contribution in [1.82, 2.24) is 5.32 Å². The van der Waals surface area contributed by atoms with Crippen molar-refractivity contribution in [3.63, 3.8) is 0 Å². The van der Waals surface area contributed by atoms with E-state index >= 15 is 0 Å². The minimum Gasteiger partial charge on any atom is -0.383 e. The molecular formula is C15H25NO. The van der Waals surface area contributed by atoms with Crippen molar-refractivity contribution in [1.29, 1.82) is 0 Å². The SMILES string of the molecule is CCCC(COC)NC(CC)c1ccccc1. The van der Waals surface area contributed by atoms with Gasteiger partial charge in [-0.05, 0) is 18.4 Å². The van der Waals surface area contributed by atoms with Crippen LogP contribution >= 0.6 is 0 Å². The van der Waals surface area contributed by atoms with Crippen molar-refractivity contribution in [2.75, 3.05) is 13.7 Å². The van der Waals surface area contributed by atoms with Crippen LogP contribution in [0.3, 0.4) is 0 Å². The summed E-state index contributed by atoms with van der Waals surface area (Å²) in [4.78, 5) is 0. The zero-order valence-electron chi connectivity index (χ0n) is 11.3. The molecule has 0 spiro atoms. The maximum atomic E-state index is 5.28. The average Bonchev–Trinajstić information content (AvgIpc) is 2.37. The highest BCUT2D eigenvalue weighted by atomic mass is 16.5. The Morgan fingerprint density at radius 3 is 2.41 bits per heavy atom. The quantitative estimate of drug-likeness (QED) is 0.744. The van der Waals surface area contributed by atoms with Gasteiger partial charge in [0.15, 0.2) is 0 Å². The number of nitrogens with one attached hydrogen (secondary N) is 1. The van der Waals surface area contributed by atoms with Gasteiger partial charge in [-0.3, -0.25) is 0 Å². The predicted molar refractivity (Wildman–Crippen MR) is 73.2 cm³/mol. The summed E-state index contributed by atoms with van der Waals surface area (Å²) < 4.78 is 5.28. The van der Waals surface area contributed by atoms with Crippen molar-refractivity contribution in [3.8, 4) is 0 Å². The molecule has 1 aromatic rings. The molecule has 0 aromatic heterocycles. The smallest absolute Gasteiger partial charge is 0.0616 e. The van der Waals surface area contributed by atoms with Crippen LogP contribution in [-0.2, 0) is 4.74 Å². The second-order valence-electron chi connectivity index (χ2n) is 4.48. The highest BCUT2D eigenvalue weighted by Crippen LogP contribution is 2.17. The summed E-state index contributed by atoms with van der Waals surface area (Å²) in [5, 5.41) is 3.70. The lowest BCUT2D eigenvalue weighted by Crippen LogP contribution is -2.36. The van der Waals surface area contributed by atoms with E-state index in [2.05, 4.69) is 49.5 Å². The van der Waals surface area contributed by atoms with Crippen molar-refractivity contribution in [3.05, 3.63) is 35.9 Å². The van der Waals surface area contributed by atoms with E-state index in [1.807, 2.05) is 0 Å². The van der Waals surface area contributed by atoms with Crippen molar-refractivity contribution < 1.29 is 4.74 Å². The fourth-order valence-electron chi connectivity index (χ4n) is 2.18. The molecule has 0 bridgehead atoms. The van der Waals surface area contributed by atoms with Gasteiger partial charge in [0, 0.05) is 19.2 Å². The van der Waals surface area contributed by atoms with E-state index in [0.717, 1.165) is 19.4 Å². The molecule has 0 aliphatic heterocycles. The van der Waals surface area contributed by atoms with E-state index in [9.17, 15) is 0 Å². The van der Waals surface area contributed by atoms with Gasteiger partial charge in [-0.15, -0.1) is 0 Å². The summed E-state index contributed by atoms with van der Waals surface area (Å²) in [6, 6.07) is 11.5. The van der Waals surface area contributed by atoms with Crippen LogP contribution in [0.4, 0.5) is 0 Å². The number of benzene rings is 1. The molecule has 96 valence electrons. The Morgan fingerprint density at radius 2 is 1.88 bits per heavy atom. The topological polar surface area (TPSA) is 21.3 Å². The van der Waals surface area contributed by atoms with E-state index in [4.69, 9.17) is 4.74 Å². The summed E-state index contributed by atoms with van der Waals surface area (Å²) in [6.45, 7) is 5.23. The lowest BCUT2D eigenvalue weighted by molar-refractivity contribution is 0.155. The van der Waals surface area contributed by atoms with E-state index < -0.39 is 0 Å². The van der Waals surface area contributed by atoms with Crippen LogP contribution in [-0.4, -0.2) is 19.8 Å². The summed E-state index contributed by atoms with van der Waals surface area (Å²) in [5.41, 5.74) is 1.37. The van der Waals surface area contributed by atoms with Crippen molar-refractivity contribution in [2.45, 2.75) is 45.2 Å². The molecule has 1 rings (SSSR count). The van der Waals surface area contributed by atoms with Gasteiger partial charge in [0.25, 0.3) is 0 Å². The zero-order chi connectivity index (χ0) is 12.5. The molecule has 0 fully saturated rings. The van der Waals surface area contributed by atoms with Crippen LogP contribution in [0.15, 0.2) is 30.3 Å². The van der Waals surface area contributed by atoms with Crippen LogP contribution in [0.5, 0.6) is 0 Å². The molecule has 1 N–H and O–H groups in total. The molecule has 0 heterocycles. The van der Waals surface area contributed by atoms with Gasteiger partial charge in [-0.1, -0.05) is 50.6 Å². The molecule has 0 aliphatic carbocycles. The van der Waals surface area contributed by atoms with Gasteiger partial charge in [0.1, 0.15) is 0 Å². The summed E-state index contributed by atoms with van der Waals surface area (Å²) in [5.74, 6) is 0. The third-order valence-electron chi connectivity index (χ3n) is 3.05. The lowest BCUT2D eigenvalue weighted by Gasteiger charge is -2.24. The third-order valence-corrected chi connectivity index (χ3v) is 3.05. The Morgan fingerprint density at radius 1 is 1.18 bits per heavy atom. The minimum absolute atomic E-state index is 0.433. The molecule has 0 aliphatic rings. The molecule has 0 saturated carbocycles. The molecule has 0 amide bonds. The Kier molecular flexibility index (Phi) is 6.90.